The van der Waals surface area contributed by atoms with Gasteiger partial charge in [-0.2, -0.15) is 5.10 Å². The summed E-state index contributed by atoms with van der Waals surface area (Å²) in [5.41, 5.74) is 1.05. The highest BCUT2D eigenvalue weighted by Gasteiger charge is 2.04. The van der Waals surface area contributed by atoms with E-state index in [2.05, 4.69) is 26.3 Å². The zero-order chi connectivity index (χ0) is 9.84. The predicted octanol–water partition coefficient (Wildman–Crippen LogP) is 1.09. The highest BCUT2D eigenvalue weighted by Crippen LogP contribution is 2.14. The van der Waals surface area contributed by atoms with Gasteiger partial charge in [0, 0.05) is 25.7 Å². The van der Waals surface area contributed by atoms with Crippen molar-refractivity contribution in [1.82, 2.24) is 15.1 Å². The maximum atomic E-state index is 10.9. The van der Waals surface area contributed by atoms with Crippen molar-refractivity contribution >= 4 is 21.8 Å². The molecule has 0 saturated heterocycles. The summed E-state index contributed by atoms with van der Waals surface area (Å²) < 4.78 is 2.78. The molecule has 0 aromatic carbocycles. The Kier molecular flexibility index (Phi) is 3.48. The summed E-state index contributed by atoms with van der Waals surface area (Å²) in [6, 6.07) is 0. The second-order valence-corrected chi connectivity index (χ2v) is 3.58. The van der Waals surface area contributed by atoms with Crippen molar-refractivity contribution in [1.29, 1.82) is 0 Å². The molecule has 1 heterocycles. The third-order valence-electron chi connectivity index (χ3n) is 1.87. The number of halogens is 1. The molecule has 0 radical (unpaired) electrons. The summed E-state index contributed by atoms with van der Waals surface area (Å²) in [4.78, 5) is 10.9. The average Bonchev–Trinajstić information content (AvgIpc) is 2.44. The maximum Gasteiger partial charge on any atom is 0.221 e. The van der Waals surface area contributed by atoms with Gasteiger partial charge in [0.15, 0.2) is 0 Å². The fraction of sp³-hybridized carbons (Fsp3) is 0.500. The summed E-state index contributed by atoms with van der Waals surface area (Å²) >= 11 is 3.36. The summed E-state index contributed by atoms with van der Waals surface area (Å²) in [5, 5.41) is 6.68. The van der Waals surface area contributed by atoms with Gasteiger partial charge < -0.3 is 5.32 Å². The maximum absolute atomic E-state index is 10.9. The third kappa shape index (κ3) is 2.55. The molecule has 0 atom stereocenters. The van der Waals surface area contributed by atoms with E-state index in [4.69, 9.17) is 0 Å². The predicted molar refractivity (Wildman–Crippen MR) is 53.3 cm³/mol. The molecule has 1 N–H and O–H groups in total. The van der Waals surface area contributed by atoms with Crippen LogP contribution in [0.15, 0.2) is 10.7 Å². The molecule has 5 heteroatoms. The van der Waals surface area contributed by atoms with Gasteiger partial charge in [-0.3, -0.25) is 9.48 Å². The van der Waals surface area contributed by atoms with Gasteiger partial charge in [0.25, 0.3) is 0 Å². The molecule has 1 aromatic rings. The van der Waals surface area contributed by atoms with Crippen LogP contribution in [-0.4, -0.2) is 22.7 Å². The van der Waals surface area contributed by atoms with Crippen molar-refractivity contribution in [3.05, 3.63) is 16.4 Å². The SMILES string of the molecule is CNC(=O)CCn1ncc(Br)c1C. The van der Waals surface area contributed by atoms with Crippen LogP contribution < -0.4 is 5.32 Å². The van der Waals surface area contributed by atoms with Gasteiger partial charge in [0.1, 0.15) is 0 Å². The Bertz CT molecular complexity index is 308. The van der Waals surface area contributed by atoms with Gasteiger partial charge >= 0.3 is 0 Å². The molecule has 4 nitrogen and oxygen atoms in total. The zero-order valence-corrected chi connectivity index (χ0v) is 9.26. The first-order valence-corrected chi connectivity index (χ1v) is 4.83. The molecular formula is C8H12BrN3O. The molecule has 0 aliphatic rings. The van der Waals surface area contributed by atoms with Crippen molar-refractivity contribution < 1.29 is 4.79 Å². The second kappa shape index (κ2) is 4.41. The van der Waals surface area contributed by atoms with Crippen molar-refractivity contribution in [2.45, 2.75) is 19.9 Å². The van der Waals surface area contributed by atoms with Gasteiger partial charge in [0.2, 0.25) is 5.91 Å². The summed E-state index contributed by atoms with van der Waals surface area (Å²) in [7, 11) is 1.63. The van der Waals surface area contributed by atoms with Crippen LogP contribution in [-0.2, 0) is 11.3 Å². The van der Waals surface area contributed by atoms with E-state index in [-0.39, 0.29) is 5.91 Å². The number of nitrogens with zero attached hydrogens (tertiary/aromatic N) is 2. The van der Waals surface area contributed by atoms with Crippen LogP contribution in [0.1, 0.15) is 12.1 Å². The monoisotopic (exact) mass is 245 g/mol. The normalized spacial score (nSPS) is 10.1. The summed E-state index contributed by atoms with van der Waals surface area (Å²) in [6.45, 7) is 2.58. The van der Waals surface area contributed by atoms with Gasteiger partial charge in [-0.15, -0.1) is 0 Å². The molecule has 0 aliphatic carbocycles. The molecule has 1 aromatic heterocycles. The lowest BCUT2D eigenvalue weighted by Gasteiger charge is -2.03. The minimum atomic E-state index is 0.0334. The Hall–Kier alpha value is -0.840. The van der Waals surface area contributed by atoms with E-state index in [0.717, 1.165) is 10.2 Å². The Balaban J connectivity index is 2.55. The number of carbonyl (C=O) groups is 1. The van der Waals surface area contributed by atoms with E-state index in [1.54, 1.807) is 17.9 Å². The first-order chi connectivity index (χ1) is 6.15. The lowest BCUT2D eigenvalue weighted by molar-refractivity contribution is -0.120. The van der Waals surface area contributed by atoms with Gasteiger partial charge in [-0.1, -0.05) is 0 Å². The van der Waals surface area contributed by atoms with E-state index in [0.29, 0.717) is 13.0 Å². The van der Waals surface area contributed by atoms with Crippen LogP contribution in [0.2, 0.25) is 0 Å². The van der Waals surface area contributed by atoms with Crippen molar-refractivity contribution in [3.8, 4) is 0 Å². The molecule has 0 aliphatic heterocycles. The molecular weight excluding hydrogens is 234 g/mol. The molecule has 13 heavy (non-hydrogen) atoms. The second-order valence-electron chi connectivity index (χ2n) is 2.72. The van der Waals surface area contributed by atoms with E-state index in [9.17, 15) is 4.79 Å². The van der Waals surface area contributed by atoms with Crippen LogP contribution in [0, 0.1) is 6.92 Å². The highest BCUT2D eigenvalue weighted by atomic mass is 79.9. The van der Waals surface area contributed by atoms with Crippen LogP contribution in [0.5, 0.6) is 0 Å². The highest BCUT2D eigenvalue weighted by molar-refractivity contribution is 9.10. The van der Waals surface area contributed by atoms with Crippen molar-refractivity contribution in [2.75, 3.05) is 7.05 Å². The third-order valence-corrected chi connectivity index (χ3v) is 2.65. The molecule has 0 unspecified atom stereocenters. The van der Waals surface area contributed by atoms with Crippen molar-refractivity contribution in [3.63, 3.8) is 0 Å². The lowest BCUT2D eigenvalue weighted by atomic mass is 10.4. The molecule has 1 amide bonds. The minimum Gasteiger partial charge on any atom is -0.359 e. The number of hydrogen-bond acceptors (Lipinski definition) is 2. The van der Waals surface area contributed by atoms with E-state index in [1.165, 1.54) is 0 Å². The number of aryl methyl sites for hydroxylation is 1. The molecule has 1 rings (SSSR count). The van der Waals surface area contributed by atoms with Crippen LogP contribution in [0.3, 0.4) is 0 Å². The van der Waals surface area contributed by atoms with Gasteiger partial charge in [-0.25, -0.2) is 0 Å². The van der Waals surface area contributed by atoms with Crippen LogP contribution >= 0.6 is 15.9 Å². The topological polar surface area (TPSA) is 46.9 Å². The number of nitrogens with one attached hydrogen (secondary N) is 1. The number of aromatic nitrogens is 2. The summed E-state index contributed by atoms with van der Waals surface area (Å²) in [5.74, 6) is 0.0334. The molecule has 0 fully saturated rings. The van der Waals surface area contributed by atoms with Gasteiger partial charge in [-0.05, 0) is 22.9 Å². The Labute approximate surface area is 85.4 Å². The van der Waals surface area contributed by atoms with Crippen molar-refractivity contribution in [2.24, 2.45) is 0 Å². The van der Waals surface area contributed by atoms with E-state index < -0.39 is 0 Å². The van der Waals surface area contributed by atoms with Crippen LogP contribution in [0.25, 0.3) is 0 Å². The first-order valence-electron chi connectivity index (χ1n) is 4.03. The zero-order valence-electron chi connectivity index (χ0n) is 7.67. The largest absolute Gasteiger partial charge is 0.359 e. The Morgan fingerprint density at radius 3 is 2.92 bits per heavy atom. The number of hydrogen-bond donors (Lipinski definition) is 1. The van der Waals surface area contributed by atoms with E-state index in [1.807, 2.05) is 6.92 Å². The first kappa shape index (κ1) is 10.2. The Morgan fingerprint density at radius 1 is 1.77 bits per heavy atom. The lowest BCUT2D eigenvalue weighted by Crippen LogP contribution is -2.20. The van der Waals surface area contributed by atoms with Gasteiger partial charge in [0.05, 0.1) is 10.7 Å². The molecule has 0 bridgehead atoms. The smallest absolute Gasteiger partial charge is 0.221 e. The number of amides is 1. The molecule has 0 spiro atoms. The number of carbonyl (C=O) groups excluding carboxylic acids is 1. The Morgan fingerprint density at radius 2 is 2.46 bits per heavy atom. The standard InChI is InChI=1S/C8H12BrN3O/c1-6-7(9)5-11-12(6)4-3-8(13)10-2/h5H,3-4H2,1-2H3,(H,10,13). The minimum absolute atomic E-state index is 0.0334. The molecule has 72 valence electrons. The quantitative estimate of drug-likeness (QED) is 0.867. The van der Waals surface area contributed by atoms with Crippen LogP contribution in [0.4, 0.5) is 0 Å². The average molecular weight is 246 g/mol. The fourth-order valence-electron chi connectivity index (χ4n) is 0.982. The fourth-order valence-corrected chi connectivity index (χ4v) is 1.28. The number of rotatable bonds is 3. The molecule has 0 saturated carbocycles. The van der Waals surface area contributed by atoms with E-state index >= 15 is 0 Å². The summed E-state index contributed by atoms with van der Waals surface area (Å²) in [6.07, 6.45) is 2.20.